The number of fused-ring (bicyclic) bond motifs is 2. The number of nitrogens with one attached hydrogen (secondary N) is 3. The van der Waals surface area contributed by atoms with Crippen LogP contribution in [-0.4, -0.2) is 86.8 Å². The molecule has 0 amide bonds. The predicted octanol–water partition coefficient (Wildman–Crippen LogP) is 2.33. The Morgan fingerprint density at radius 3 is 3.00 bits per heavy atom. The molecule has 0 aliphatic carbocycles. The van der Waals surface area contributed by atoms with Gasteiger partial charge in [-0.2, -0.15) is 0 Å². The van der Waals surface area contributed by atoms with E-state index in [1.807, 2.05) is 0 Å². The number of methoxy groups -OCH3 is 1. The maximum absolute atomic E-state index is 11.9. The van der Waals surface area contributed by atoms with E-state index in [1.54, 1.807) is 7.11 Å². The van der Waals surface area contributed by atoms with Gasteiger partial charge in [-0.05, 0) is 56.7 Å². The number of pyridine rings is 1. The van der Waals surface area contributed by atoms with E-state index in [0.717, 1.165) is 63.3 Å². The normalized spacial score (nSPS) is 14.0. The molecule has 4 N–H and O–H groups in total. The van der Waals surface area contributed by atoms with Crippen LogP contribution in [0, 0.1) is 0 Å². The van der Waals surface area contributed by atoms with Crippen molar-refractivity contribution < 1.29 is 14.6 Å². The zero-order chi connectivity index (χ0) is 24.5. The van der Waals surface area contributed by atoms with Gasteiger partial charge in [0.1, 0.15) is 23.7 Å². The average Bonchev–Trinajstić information content (AvgIpc) is 3.36. The van der Waals surface area contributed by atoms with Crippen molar-refractivity contribution >= 4 is 28.8 Å². The molecule has 0 fully saturated rings. The quantitative estimate of drug-likeness (QED) is 0.253. The van der Waals surface area contributed by atoms with Gasteiger partial charge in [-0.1, -0.05) is 6.07 Å². The third-order valence-electron chi connectivity index (χ3n) is 6.29. The van der Waals surface area contributed by atoms with Crippen LogP contribution in [0.25, 0.3) is 11.2 Å². The number of hydrogen-bond donors (Lipinski definition) is 4. The Bertz CT molecular complexity index is 1110. The Kier molecular flexibility index (Phi) is 8.79. The first kappa shape index (κ1) is 24.8. The first-order valence-electron chi connectivity index (χ1n) is 12.2. The first-order chi connectivity index (χ1) is 17.1. The average molecular weight is 483 g/mol. The number of H-pyrrole nitrogens is 1. The number of unbranched alkanes of at least 4 members (excludes halogenated alkanes) is 1. The van der Waals surface area contributed by atoms with E-state index in [0.29, 0.717) is 36.6 Å². The molecular formula is C24H34N8O3. The molecule has 0 radical (unpaired) electrons. The molecule has 4 rings (SSSR count). The minimum atomic E-state index is -0.921. The van der Waals surface area contributed by atoms with Gasteiger partial charge in [0.15, 0.2) is 11.5 Å². The Labute approximate surface area is 204 Å². The van der Waals surface area contributed by atoms with Gasteiger partial charge in [-0.15, -0.1) is 0 Å². The predicted molar refractivity (Wildman–Crippen MR) is 134 cm³/mol. The van der Waals surface area contributed by atoms with Crippen molar-refractivity contribution in [1.29, 1.82) is 0 Å². The van der Waals surface area contributed by atoms with E-state index in [2.05, 4.69) is 47.6 Å². The lowest BCUT2D eigenvalue weighted by atomic mass is 10.1. The third kappa shape index (κ3) is 6.86. The molecule has 0 aromatic carbocycles. The summed E-state index contributed by atoms with van der Waals surface area (Å²) in [6, 6.07) is 3.55. The van der Waals surface area contributed by atoms with Crippen LogP contribution in [0.1, 0.15) is 36.9 Å². The SMILES string of the molecule is COCCN(CCCCc1ccc2c(n1)NCCC2)CCC(Nc1ncnc2nc[nH]c12)C(=O)O. The zero-order valence-corrected chi connectivity index (χ0v) is 20.2. The highest BCUT2D eigenvalue weighted by Crippen LogP contribution is 2.20. The lowest BCUT2D eigenvalue weighted by Gasteiger charge is -2.24. The van der Waals surface area contributed by atoms with Crippen LogP contribution in [0.4, 0.5) is 11.6 Å². The Morgan fingerprint density at radius 1 is 1.23 bits per heavy atom. The molecule has 0 saturated carbocycles. The summed E-state index contributed by atoms with van der Waals surface area (Å²) in [6.45, 7) is 3.85. The van der Waals surface area contributed by atoms with Crippen LogP contribution in [0.3, 0.4) is 0 Å². The molecule has 1 aliphatic rings. The summed E-state index contributed by atoms with van der Waals surface area (Å²) in [4.78, 5) is 34.3. The monoisotopic (exact) mass is 482 g/mol. The van der Waals surface area contributed by atoms with Gasteiger partial charge in [0.25, 0.3) is 0 Å². The molecule has 11 heteroatoms. The van der Waals surface area contributed by atoms with Gasteiger partial charge in [0.05, 0.1) is 12.9 Å². The number of aryl methyl sites for hydroxylation is 2. The molecule has 4 heterocycles. The maximum atomic E-state index is 11.9. The molecule has 0 bridgehead atoms. The van der Waals surface area contributed by atoms with Gasteiger partial charge in [0, 0.05) is 32.4 Å². The summed E-state index contributed by atoms with van der Waals surface area (Å²) in [7, 11) is 1.68. The molecule has 1 unspecified atom stereocenters. The lowest BCUT2D eigenvalue weighted by molar-refractivity contribution is -0.138. The molecule has 0 spiro atoms. The molecule has 0 saturated heterocycles. The number of nitrogens with zero attached hydrogens (tertiary/aromatic N) is 5. The van der Waals surface area contributed by atoms with Crippen molar-refractivity contribution in [3.8, 4) is 0 Å². The fourth-order valence-electron chi connectivity index (χ4n) is 4.31. The first-order valence-corrected chi connectivity index (χ1v) is 12.2. The Balaban J connectivity index is 1.27. The highest BCUT2D eigenvalue weighted by molar-refractivity contribution is 5.85. The smallest absolute Gasteiger partial charge is 0.326 e. The Morgan fingerprint density at radius 2 is 2.14 bits per heavy atom. The van der Waals surface area contributed by atoms with E-state index in [1.165, 1.54) is 18.2 Å². The number of hydrogen-bond acceptors (Lipinski definition) is 9. The molecule has 3 aromatic rings. The molecular weight excluding hydrogens is 448 g/mol. The second-order valence-electron chi connectivity index (χ2n) is 8.78. The van der Waals surface area contributed by atoms with Crippen LogP contribution in [0.2, 0.25) is 0 Å². The van der Waals surface area contributed by atoms with Crippen molar-refractivity contribution in [1.82, 2.24) is 29.8 Å². The topological polar surface area (TPSA) is 141 Å². The van der Waals surface area contributed by atoms with Gasteiger partial charge >= 0.3 is 5.97 Å². The van der Waals surface area contributed by atoms with Gasteiger partial charge in [0.2, 0.25) is 0 Å². The largest absolute Gasteiger partial charge is 0.480 e. The number of rotatable bonds is 14. The van der Waals surface area contributed by atoms with Crippen molar-refractivity contribution in [2.75, 3.05) is 50.5 Å². The summed E-state index contributed by atoms with van der Waals surface area (Å²) >= 11 is 0. The number of carboxylic acid groups (broad SMARTS) is 1. The third-order valence-corrected chi connectivity index (χ3v) is 6.29. The summed E-state index contributed by atoms with van der Waals surface area (Å²) in [5.41, 5.74) is 3.52. The van der Waals surface area contributed by atoms with Crippen LogP contribution in [0.15, 0.2) is 24.8 Å². The van der Waals surface area contributed by atoms with Crippen LogP contribution in [0.5, 0.6) is 0 Å². The van der Waals surface area contributed by atoms with E-state index in [9.17, 15) is 9.90 Å². The zero-order valence-electron chi connectivity index (χ0n) is 20.2. The summed E-state index contributed by atoms with van der Waals surface area (Å²) in [5.74, 6) is 0.559. The minimum Gasteiger partial charge on any atom is -0.480 e. The molecule has 35 heavy (non-hydrogen) atoms. The number of imidazole rings is 1. The highest BCUT2D eigenvalue weighted by Gasteiger charge is 2.21. The fourth-order valence-corrected chi connectivity index (χ4v) is 4.31. The van der Waals surface area contributed by atoms with Crippen molar-refractivity contribution in [3.63, 3.8) is 0 Å². The summed E-state index contributed by atoms with van der Waals surface area (Å²) in [5, 5.41) is 16.2. The van der Waals surface area contributed by atoms with Crippen molar-refractivity contribution in [2.24, 2.45) is 0 Å². The standard InChI is InChI=1S/C24H34N8O3/c1-35-14-13-32(11-3-2-6-18-8-7-17-5-4-10-25-21(17)30-18)12-9-19(24(33)34)31-23-20-22(27-15-26-20)28-16-29-23/h7-8,15-16,19H,2-6,9-14H2,1H3,(H,25,30)(H,33,34)(H2,26,27,28,29,31). The number of aromatic amines is 1. The highest BCUT2D eigenvalue weighted by atomic mass is 16.5. The van der Waals surface area contributed by atoms with Crippen molar-refractivity contribution in [2.45, 2.75) is 44.6 Å². The lowest BCUT2D eigenvalue weighted by Crippen LogP contribution is -2.37. The van der Waals surface area contributed by atoms with Gasteiger partial charge in [-0.3, -0.25) is 0 Å². The second-order valence-corrected chi connectivity index (χ2v) is 8.78. The van der Waals surface area contributed by atoms with Gasteiger partial charge < -0.3 is 30.4 Å². The van der Waals surface area contributed by atoms with E-state index in [4.69, 9.17) is 9.72 Å². The summed E-state index contributed by atoms with van der Waals surface area (Å²) < 4.78 is 5.27. The number of carboxylic acids is 1. The van der Waals surface area contributed by atoms with Crippen LogP contribution >= 0.6 is 0 Å². The van der Waals surface area contributed by atoms with Crippen molar-refractivity contribution in [3.05, 3.63) is 36.0 Å². The van der Waals surface area contributed by atoms with Crippen LogP contribution < -0.4 is 10.6 Å². The van der Waals surface area contributed by atoms with E-state index < -0.39 is 12.0 Å². The van der Waals surface area contributed by atoms with E-state index in [-0.39, 0.29) is 0 Å². The number of carbonyl (C=O) groups is 1. The number of anilines is 2. The molecule has 3 aromatic heterocycles. The maximum Gasteiger partial charge on any atom is 0.326 e. The van der Waals surface area contributed by atoms with Crippen LogP contribution in [-0.2, 0) is 22.4 Å². The fraction of sp³-hybridized carbons (Fsp3) is 0.542. The Hall–Kier alpha value is -3.31. The second kappa shape index (κ2) is 12.4. The minimum absolute atomic E-state index is 0.427. The van der Waals surface area contributed by atoms with Gasteiger partial charge in [-0.25, -0.2) is 24.7 Å². The molecule has 1 aliphatic heterocycles. The molecule has 188 valence electrons. The summed E-state index contributed by atoms with van der Waals surface area (Å²) in [6.07, 6.45) is 8.54. The molecule has 11 nitrogen and oxygen atoms in total. The van der Waals surface area contributed by atoms with E-state index >= 15 is 0 Å². The number of aliphatic carboxylic acids is 1. The molecule has 1 atom stereocenters. The number of aromatic nitrogens is 5. The number of ether oxygens (including phenoxy) is 1.